The zero-order chi connectivity index (χ0) is 13.1. The van der Waals surface area contributed by atoms with E-state index >= 15 is 0 Å². The first kappa shape index (κ1) is 13.4. The molecule has 1 heterocycles. The molecular formula is C13H18F2N2O. The van der Waals surface area contributed by atoms with Gasteiger partial charge in [0.25, 0.3) is 0 Å². The maximum Gasteiger partial charge on any atom is 0.159 e. The van der Waals surface area contributed by atoms with Crippen molar-refractivity contribution in [3.63, 3.8) is 0 Å². The van der Waals surface area contributed by atoms with Gasteiger partial charge in [0.1, 0.15) is 0 Å². The highest BCUT2D eigenvalue weighted by Gasteiger charge is 2.20. The van der Waals surface area contributed by atoms with Crippen LogP contribution in [0.4, 0.5) is 8.78 Å². The number of aliphatic hydroxyl groups excluding tert-OH is 1. The number of benzene rings is 1. The van der Waals surface area contributed by atoms with Crippen LogP contribution in [0, 0.1) is 11.6 Å². The highest BCUT2D eigenvalue weighted by atomic mass is 19.2. The molecule has 1 aliphatic heterocycles. The van der Waals surface area contributed by atoms with Gasteiger partial charge in [-0.15, -0.1) is 0 Å². The summed E-state index contributed by atoms with van der Waals surface area (Å²) in [6.07, 6.45) is 0.229. The van der Waals surface area contributed by atoms with Crippen LogP contribution in [0.15, 0.2) is 18.2 Å². The van der Waals surface area contributed by atoms with E-state index in [0.717, 1.165) is 31.6 Å². The normalized spacial score (nSPS) is 22.3. The lowest BCUT2D eigenvalue weighted by Crippen LogP contribution is -2.34. The molecule has 0 saturated carbocycles. The molecule has 0 amide bonds. The van der Waals surface area contributed by atoms with Gasteiger partial charge in [0.05, 0.1) is 6.10 Å². The minimum Gasteiger partial charge on any atom is -0.387 e. The number of likely N-dealkylation sites (N-methyl/N-ethyl adjacent to an activating group) is 1. The summed E-state index contributed by atoms with van der Waals surface area (Å²) >= 11 is 0. The highest BCUT2D eigenvalue weighted by molar-refractivity contribution is 5.20. The second kappa shape index (κ2) is 5.73. The average molecular weight is 256 g/mol. The first-order valence-electron chi connectivity index (χ1n) is 6.11. The first-order chi connectivity index (χ1) is 8.56. The van der Waals surface area contributed by atoms with Gasteiger partial charge in [0.2, 0.25) is 0 Å². The van der Waals surface area contributed by atoms with Gasteiger partial charge >= 0.3 is 0 Å². The quantitative estimate of drug-likeness (QED) is 0.852. The van der Waals surface area contributed by atoms with Crippen molar-refractivity contribution in [3.8, 4) is 0 Å². The predicted octanol–water partition coefficient (Wildman–Crippen LogP) is 1.29. The van der Waals surface area contributed by atoms with Crippen LogP contribution >= 0.6 is 0 Å². The van der Waals surface area contributed by atoms with Crippen LogP contribution < -0.4 is 5.32 Å². The Labute approximate surface area is 105 Å². The summed E-state index contributed by atoms with van der Waals surface area (Å²) in [7, 11) is 2.05. The summed E-state index contributed by atoms with van der Waals surface area (Å²) < 4.78 is 25.8. The maximum atomic E-state index is 13.0. The fourth-order valence-corrected chi connectivity index (χ4v) is 2.22. The predicted molar refractivity (Wildman–Crippen MR) is 65.2 cm³/mol. The van der Waals surface area contributed by atoms with Crippen molar-refractivity contribution < 1.29 is 13.9 Å². The summed E-state index contributed by atoms with van der Waals surface area (Å²) in [5.41, 5.74) is 0.396. The van der Waals surface area contributed by atoms with E-state index in [2.05, 4.69) is 10.2 Å². The van der Waals surface area contributed by atoms with E-state index in [1.54, 1.807) is 0 Å². The van der Waals surface area contributed by atoms with Gasteiger partial charge in [-0.25, -0.2) is 8.78 Å². The SMILES string of the molecule is CN1CCC(NCC(O)c2ccc(F)c(F)c2)C1. The maximum absolute atomic E-state index is 13.0. The van der Waals surface area contributed by atoms with Gasteiger partial charge in [-0.2, -0.15) is 0 Å². The summed E-state index contributed by atoms with van der Waals surface area (Å²) in [6.45, 7) is 2.34. The van der Waals surface area contributed by atoms with E-state index in [9.17, 15) is 13.9 Å². The number of nitrogens with zero attached hydrogens (tertiary/aromatic N) is 1. The zero-order valence-corrected chi connectivity index (χ0v) is 10.4. The summed E-state index contributed by atoms with van der Waals surface area (Å²) in [5.74, 6) is -1.82. The minimum absolute atomic E-state index is 0.351. The summed E-state index contributed by atoms with van der Waals surface area (Å²) in [4.78, 5) is 2.21. The van der Waals surface area contributed by atoms with E-state index in [1.807, 2.05) is 7.05 Å². The van der Waals surface area contributed by atoms with Crippen molar-refractivity contribution in [3.05, 3.63) is 35.4 Å². The Kier molecular flexibility index (Phi) is 4.27. The van der Waals surface area contributed by atoms with Crippen molar-refractivity contribution in [2.45, 2.75) is 18.6 Å². The summed E-state index contributed by atoms with van der Waals surface area (Å²) in [6, 6.07) is 3.85. The van der Waals surface area contributed by atoms with Crippen molar-refractivity contribution in [2.24, 2.45) is 0 Å². The van der Waals surface area contributed by atoms with E-state index in [1.165, 1.54) is 6.07 Å². The third kappa shape index (κ3) is 3.25. The molecule has 0 bridgehead atoms. The molecular weight excluding hydrogens is 238 g/mol. The van der Waals surface area contributed by atoms with Gasteiger partial charge in [-0.3, -0.25) is 0 Å². The first-order valence-corrected chi connectivity index (χ1v) is 6.11. The highest BCUT2D eigenvalue weighted by Crippen LogP contribution is 2.16. The molecule has 1 aliphatic rings. The van der Waals surface area contributed by atoms with Crippen LogP contribution in [0.5, 0.6) is 0 Å². The molecule has 2 rings (SSSR count). The lowest BCUT2D eigenvalue weighted by molar-refractivity contribution is 0.169. The molecule has 0 aromatic heterocycles. The zero-order valence-electron chi connectivity index (χ0n) is 10.4. The van der Waals surface area contributed by atoms with Crippen molar-refractivity contribution in [1.82, 2.24) is 10.2 Å². The topological polar surface area (TPSA) is 35.5 Å². The molecule has 3 nitrogen and oxygen atoms in total. The minimum atomic E-state index is -0.924. The Balaban J connectivity index is 1.87. The Morgan fingerprint density at radius 3 is 2.83 bits per heavy atom. The summed E-state index contributed by atoms with van der Waals surface area (Å²) in [5, 5.41) is 13.1. The fraction of sp³-hybridized carbons (Fsp3) is 0.538. The van der Waals surface area contributed by atoms with Gasteiger partial charge in [0.15, 0.2) is 11.6 Å². The smallest absolute Gasteiger partial charge is 0.159 e. The molecule has 1 aromatic carbocycles. The molecule has 2 unspecified atom stereocenters. The number of halogens is 2. The molecule has 1 fully saturated rings. The molecule has 18 heavy (non-hydrogen) atoms. The molecule has 0 aliphatic carbocycles. The molecule has 5 heteroatoms. The van der Waals surface area contributed by atoms with Gasteiger partial charge < -0.3 is 15.3 Å². The third-order valence-electron chi connectivity index (χ3n) is 3.32. The Morgan fingerprint density at radius 1 is 1.44 bits per heavy atom. The molecule has 0 spiro atoms. The lowest BCUT2D eigenvalue weighted by atomic mass is 10.1. The third-order valence-corrected chi connectivity index (χ3v) is 3.32. The Morgan fingerprint density at radius 2 is 2.22 bits per heavy atom. The van der Waals surface area contributed by atoms with Crippen LogP contribution in [0.2, 0.25) is 0 Å². The number of rotatable bonds is 4. The van der Waals surface area contributed by atoms with Crippen molar-refractivity contribution >= 4 is 0 Å². The number of aliphatic hydroxyl groups is 1. The molecule has 2 N–H and O–H groups in total. The number of likely N-dealkylation sites (tertiary alicyclic amines) is 1. The Hall–Kier alpha value is -1.04. The van der Waals surface area contributed by atoms with Crippen LogP contribution in [0.1, 0.15) is 18.1 Å². The molecule has 100 valence electrons. The number of nitrogens with one attached hydrogen (secondary N) is 1. The van der Waals surface area contributed by atoms with E-state index in [-0.39, 0.29) is 0 Å². The van der Waals surface area contributed by atoms with Gasteiger partial charge in [-0.05, 0) is 37.7 Å². The van der Waals surface area contributed by atoms with E-state index < -0.39 is 17.7 Å². The number of hydrogen-bond acceptors (Lipinski definition) is 3. The molecule has 0 radical (unpaired) electrons. The molecule has 2 atom stereocenters. The second-order valence-electron chi connectivity index (χ2n) is 4.85. The van der Waals surface area contributed by atoms with Crippen LogP contribution in [0.3, 0.4) is 0 Å². The number of hydrogen-bond donors (Lipinski definition) is 2. The van der Waals surface area contributed by atoms with Gasteiger partial charge in [-0.1, -0.05) is 6.07 Å². The monoisotopic (exact) mass is 256 g/mol. The second-order valence-corrected chi connectivity index (χ2v) is 4.85. The standard InChI is InChI=1S/C13H18F2N2O/c1-17-5-4-10(8-17)16-7-13(18)9-2-3-11(14)12(15)6-9/h2-3,6,10,13,16,18H,4-5,7-8H2,1H3. The average Bonchev–Trinajstić information content (AvgIpc) is 2.75. The van der Waals surface area contributed by atoms with E-state index in [4.69, 9.17) is 0 Å². The van der Waals surface area contributed by atoms with Crippen molar-refractivity contribution in [2.75, 3.05) is 26.7 Å². The van der Waals surface area contributed by atoms with Crippen LogP contribution in [-0.4, -0.2) is 42.7 Å². The van der Waals surface area contributed by atoms with Gasteiger partial charge in [0, 0.05) is 19.1 Å². The molecule has 1 aromatic rings. The Bertz CT molecular complexity index is 414. The van der Waals surface area contributed by atoms with E-state index in [0.29, 0.717) is 18.2 Å². The van der Waals surface area contributed by atoms with Crippen LogP contribution in [0.25, 0.3) is 0 Å². The fourth-order valence-electron chi connectivity index (χ4n) is 2.22. The van der Waals surface area contributed by atoms with Crippen LogP contribution in [-0.2, 0) is 0 Å². The molecule has 1 saturated heterocycles. The van der Waals surface area contributed by atoms with Crippen molar-refractivity contribution in [1.29, 1.82) is 0 Å². The largest absolute Gasteiger partial charge is 0.387 e. The lowest BCUT2D eigenvalue weighted by Gasteiger charge is -2.17.